The topological polar surface area (TPSA) is 49.4 Å². The van der Waals surface area contributed by atoms with Crippen molar-refractivity contribution >= 4 is 50.5 Å². The number of alkyl halides is 3. The molecule has 128 valence electrons. The van der Waals surface area contributed by atoms with Crippen LogP contribution in [-0.4, -0.2) is 49.4 Å². The number of hydrogen-bond donors (Lipinski definition) is 1. The van der Waals surface area contributed by atoms with Gasteiger partial charge in [-0.3, -0.25) is 5.09 Å². The van der Waals surface area contributed by atoms with Gasteiger partial charge in [0.1, 0.15) is 5.54 Å². The van der Waals surface area contributed by atoms with Crippen molar-refractivity contribution in [1.29, 1.82) is 0 Å². The molecule has 4 nitrogen and oxygen atoms in total. The van der Waals surface area contributed by atoms with Gasteiger partial charge in [-0.15, -0.1) is 4.08 Å². The smallest absolute Gasteiger partial charge is 0.272 e. The Bertz CT molecular complexity index is 470. The molecule has 0 rings (SSSR count). The summed E-state index contributed by atoms with van der Waals surface area (Å²) in [5, 5.41) is 2.65. The average Bonchev–Trinajstić information content (AvgIpc) is 2.35. The fourth-order valence-corrected chi connectivity index (χ4v) is 10.7. The minimum Gasteiger partial charge on any atom is -0.272 e. The number of halogens is 3. The van der Waals surface area contributed by atoms with Gasteiger partial charge in [-0.05, 0) is 19.2 Å². The van der Waals surface area contributed by atoms with Crippen molar-refractivity contribution in [3.63, 3.8) is 0 Å². The van der Waals surface area contributed by atoms with Crippen molar-refractivity contribution in [2.75, 3.05) is 31.4 Å². The Labute approximate surface area is 137 Å². The van der Waals surface area contributed by atoms with Crippen LogP contribution in [-0.2, 0) is 21.8 Å². The second kappa shape index (κ2) is 8.75. The maximum Gasteiger partial charge on any atom is 0.512 e. The first-order valence-electron chi connectivity index (χ1n) is 5.94. The van der Waals surface area contributed by atoms with Crippen molar-refractivity contribution in [2.24, 2.45) is 5.92 Å². The Hall–Kier alpha value is 1.01. The Morgan fingerprint density at radius 1 is 1.38 bits per heavy atom. The summed E-state index contributed by atoms with van der Waals surface area (Å²) in [6.45, 7) is 3.53. The van der Waals surface area contributed by atoms with E-state index in [4.69, 9.17) is 11.8 Å². The van der Waals surface area contributed by atoms with E-state index in [1.165, 1.54) is 18.8 Å². The molecule has 21 heavy (non-hydrogen) atoms. The predicted molar refractivity (Wildman–Crippen MR) is 90.7 cm³/mol. The molecule has 0 aromatic rings. The van der Waals surface area contributed by atoms with Gasteiger partial charge in [0, 0.05) is 18.1 Å². The minimum absolute atomic E-state index is 0.196. The molecule has 0 saturated carbocycles. The summed E-state index contributed by atoms with van der Waals surface area (Å²) in [6.07, 6.45) is 1.70. The van der Waals surface area contributed by atoms with E-state index in [2.05, 4.69) is 5.09 Å². The zero-order valence-corrected chi connectivity index (χ0v) is 16.3. The highest BCUT2D eigenvalue weighted by Gasteiger charge is 2.53. The molecule has 0 fully saturated rings. The van der Waals surface area contributed by atoms with Gasteiger partial charge in [-0.2, -0.15) is 24.9 Å². The van der Waals surface area contributed by atoms with Gasteiger partial charge in [-0.1, -0.05) is 37.0 Å². The second-order valence-corrected chi connectivity index (χ2v) is 14.7. The van der Waals surface area contributed by atoms with Crippen LogP contribution < -0.4 is 5.09 Å². The monoisotopic (exact) mass is 404 g/mol. The third kappa shape index (κ3) is 6.19. The molecular formula is C9H20F3N2O2PS4. The van der Waals surface area contributed by atoms with Gasteiger partial charge in [0.15, 0.2) is 0 Å². The molecule has 0 saturated heterocycles. The lowest BCUT2D eigenvalue weighted by Gasteiger charge is -2.33. The van der Waals surface area contributed by atoms with Gasteiger partial charge in [0.05, 0.1) is 0 Å². The van der Waals surface area contributed by atoms with Gasteiger partial charge in [-0.25, -0.2) is 8.42 Å². The Balaban J connectivity index is 5.62. The SMILES string of the molecule is CNP(=S)(SCC(C)C)N(CCSC)S(=O)(=O)C(F)(F)F. The molecule has 1 atom stereocenters. The lowest BCUT2D eigenvalue weighted by molar-refractivity contribution is -0.0467. The van der Waals surface area contributed by atoms with Crippen LogP contribution in [0.25, 0.3) is 0 Å². The lowest BCUT2D eigenvalue weighted by Crippen LogP contribution is -2.41. The Morgan fingerprint density at radius 3 is 2.24 bits per heavy atom. The number of rotatable bonds is 9. The standard InChI is InChI=1S/C9H20F3N2O2PS4/c1-8(2)7-20-17(18,13-3)14(5-6-19-4)21(15,16)9(10,11)12/h8H,5-7H2,1-4H3,(H,13,18). The van der Waals surface area contributed by atoms with E-state index >= 15 is 0 Å². The van der Waals surface area contributed by atoms with Crippen molar-refractivity contribution in [3.05, 3.63) is 0 Å². The molecule has 0 spiro atoms. The molecule has 12 heteroatoms. The summed E-state index contributed by atoms with van der Waals surface area (Å²) in [6, 6.07) is 0. The first-order chi connectivity index (χ1) is 9.42. The van der Waals surface area contributed by atoms with E-state index in [0.29, 0.717) is 9.83 Å². The van der Waals surface area contributed by atoms with E-state index < -0.39 is 21.1 Å². The van der Waals surface area contributed by atoms with Gasteiger partial charge in [0.25, 0.3) is 0 Å². The van der Waals surface area contributed by atoms with Gasteiger partial charge < -0.3 is 0 Å². The fraction of sp³-hybridized carbons (Fsp3) is 1.00. The normalized spacial score (nSPS) is 16.4. The molecular weight excluding hydrogens is 384 g/mol. The zero-order valence-electron chi connectivity index (χ0n) is 12.2. The molecule has 0 aliphatic carbocycles. The van der Waals surface area contributed by atoms with Gasteiger partial charge >= 0.3 is 15.5 Å². The highest BCUT2D eigenvalue weighted by molar-refractivity contribution is 8.70. The maximum absolute atomic E-state index is 12.9. The van der Waals surface area contributed by atoms with E-state index in [-0.39, 0.29) is 18.2 Å². The molecule has 0 aliphatic rings. The Kier molecular flexibility index (Phi) is 9.17. The molecule has 0 aliphatic heterocycles. The summed E-state index contributed by atoms with van der Waals surface area (Å²) >= 11 is 7.63. The van der Waals surface area contributed by atoms with E-state index in [9.17, 15) is 21.6 Å². The number of nitrogens with zero attached hydrogens (tertiary/aromatic N) is 1. The largest absolute Gasteiger partial charge is 0.512 e. The summed E-state index contributed by atoms with van der Waals surface area (Å²) in [7, 11) is -4.04. The van der Waals surface area contributed by atoms with Crippen molar-refractivity contribution < 1.29 is 21.6 Å². The molecule has 1 N–H and O–H groups in total. The fourth-order valence-electron chi connectivity index (χ4n) is 1.17. The van der Waals surface area contributed by atoms with Crippen molar-refractivity contribution in [2.45, 2.75) is 19.4 Å². The highest BCUT2D eigenvalue weighted by atomic mass is 32.9. The first-order valence-corrected chi connectivity index (χ1v) is 13.1. The predicted octanol–water partition coefficient (Wildman–Crippen LogP) is 3.33. The van der Waals surface area contributed by atoms with E-state index in [0.717, 1.165) is 11.4 Å². The number of hydrogen-bond acceptors (Lipinski definition) is 5. The number of thioether (sulfide) groups is 1. The Morgan fingerprint density at radius 2 is 1.90 bits per heavy atom. The van der Waals surface area contributed by atoms with Crippen LogP contribution in [0.3, 0.4) is 0 Å². The third-order valence-corrected chi connectivity index (χ3v) is 13.4. The highest BCUT2D eigenvalue weighted by Crippen LogP contribution is 2.61. The molecule has 0 radical (unpaired) electrons. The van der Waals surface area contributed by atoms with E-state index in [1.54, 1.807) is 6.26 Å². The first kappa shape index (κ1) is 22.0. The molecule has 1 unspecified atom stereocenters. The number of nitrogens with one attached hydrogen (secondary N) is 1. The lowest BCUT2D eigenvalue weighted by atomic mass is 10.3. The van der Waals surface area contributed by atoms with E-state index in [1.807, 2.05) is 13.8 Å². The summed E-state index contributed by atoms with van der Waals surface area (Å²) in [5.41, 5.74) is -8.44. The van der Waals surface area contributed by atoms with Crippen LogP contribution in [0.1, 0.15) is 13.8 Å². The maximum atomic E-state index is 12.9. The van der Waals surface area contributed by atoms with Crippen LogP contribution in [0.15, 0.2) is 0 Å². The van der Waals surface area contributed by atoms with Gasteiger partial charge in [0.2, 0.25) is 0 Å². The van der Waals surface area contributed by atoms with Crippen LogP contribution in [0.4, 0.5) is 13.2 Å². The summed E-state index contributed by atoms with van der Waals surface area (Å²) < 4.78 is 62.7. The van der Waals surface area contributed by atoms with Crippen LogP contribution >= 0.6 is 28.7 Å². The minimum atomic E-state index is -5.45. The molecule has 0 aromatic heterocycles. The summed E-state index contributed by atoms with van der Waals surface area (Å²) in [5.74, 6) is 0.931. The molecule has 0 amide bonds. The molecule has 0 heterocycles. The average molecular weight is 405 g/mol. The molecule has 0 bridgehead atoms. The third-order valence-electron chi connectivity index (χ3n) is 2.22. The molecule has 0 aromatic carbocycles. The second-order valence-electron chi connectivity index (χ2n) is 4.42. The summed E-state index contributed by atoms with van der Waals surface area (Å²) in [4.78, 5) is 0. The number of sulfonamides is 1. The van der Waals surface area contributed by atoms with Crippen molar-refractivity contribution in [1.82, 2.24) is 9.16 Å². The van der Waals surface area contributed by atoms with Crippen LogP contribution in [0.5, 0.6) is 0 Å². The zero-order chi connectivity index (χ0) is 16.9. The van der Waals surface area contributed by atoms with Crippen molar-refractivity contribution in [3.8, 4) is 0 Å². The quantitative estimate of drug-likeness (QED) is 0.595. The van der Waals surface area contributed by atoms with Crippen LogP contribution in [0, 0.1) is 5.92 Å². The van der Waals surface area contributed by atoms with Crippen LogP contribution in [0.2, 0.25) is 0 Å².